The van der Waals surface area contributed by atoms with E-state index in [1.165, 1.54) is 21.3 Å². The highest BCUT2D eigenvalue weighted by atomic mass is 32.2. The standard InChI is InChI=1S/C26H29N4S/c1-19(27)11-7-10-16-25-28-21(17-20(2)30(25)22-12-5-4-6-13-22)18-26-29(3)23-14-8-9-15-24(23)31-26/h4-6,8-9,12-15,17-18,27H,7,10-11,16H2,1-3H3/q+1. The summed E-state index contributed by atoms with van der Waals surface area (Å²) >= 11 is 1.79. The summed E-state index contributed by atoms with van der Waals surface area (Å²) in [7, 11) is 2.12. The molecule has 0 spiro atoms. The molecule has 31 heavy (non-hydrogen) atoms. The lowest BCUT2D eigenvalue weighted by molar-refractivity contribution is -0.615. The molecule has 1 aromatic heterocycles. The van der Waals surface area contributed by atoms with E-state index in [1.54, 1.807) is 11.8 Å². The largest absolute Gasteiger partial charge is 0.338 e. The van der Waals surface area contributed by atoms with E-state index in [-0.39, 0.29) is 0 Å². The molecule has 0 bridgehead atoms. The highest BCUT2D eigenvalue weighted by Gasteiger charge is 2.24. The number of benzene rings is 2. The van der Waals surface area contributed by atoms with Crippen LogP contribution < -0.4 is 9.47 Å². The number of rotatable bonds is 7. The zero-order valence-electron chi connectivity index (χ0n) is 18.4. The van der Waals surface area contributed by atoms with E-state index in [1.807, 2.05) is 13.0 Å². The molecule has 1 N–H and O–H groups in total. The van der Waals surface area contributed by atoms with Gasteiger partial charge in [0.25, 0.3) is 0 Å². The molecule has 4 rings (SSSR count). The monoisotopic (exact) mass is 429 g/mol. The average Bonchev–Trinajstić information content (AvgIpc) is 3.07. The smallest absolute Gasteiger partial charge is 0.304 e. The molecule has 158 valence electrons. The zero-order valence-corrected chi connectivity index (χ0v) is 19.2. The second-order valence-electron chi connectivity index (χ2n) is 8.01. The number of anilines is 1. The second kappa shape index (κ2) is 9.48. The van der Waals surface area contributed by atoms with Crippen molar-refractivity contribution in [1.29, 1.82) is 5.41 Å². The Morgan fingerprint density at radius 2 is 1.84 bits per heavy atom. The molecule has 1 aliphatic rings. The quantitative estimate of drug-likeness (QED) is 0.286. The fraction of sp³-hybridized carbons (Fsp3) is 0.269. The lowest BCUT2D eigenvalue weighted by atomic mass is 10.1. The average molecular weight is 430 g/mol. The molecule has 0 aliphatic carbocycles. The van der Waals surface area contributed by atoms with Crippen LogP contribution in [0, 0.1) is 12.3 Å². The molecule has 0 fully saturated rings. The first-order valence-corrected chi connectivity index (χ1v) is 11.6. The van der Waals surface area contributed by atoms with Crippen LogP contribution in [0.15, 0.2) is 70.6 Å². The van der Waals surface area contributed by atoms with Gasteiger partial charge in [-0.15, -0.1) is 0 Å². The lowest BCUT2D eigenvalue weighted by Gasteiger charge is -2.13. The molecule has 0 amide bonds. The first-order valence-electron chi connectivity index (χ1n) is 10.8. The minimum atomic E-state index is 0.749. The van der Waals surface area contributed by atoms with Gasteiger partial charge in [0.05, 0.1) is 17.1 Å². The van der Waals surface area contributed by atoms with Crippen molar-refractivity contribution in [2.75, 3.05) is 11.9 Å². The number of aromatic nitrogens is 2. The predicted octanol–water partition coefficient (Wildman–Crippen LogP) is 5.96. The van der Waals surface area contributed by atoms with Crippen molar-refractivity contribution < 1.29 is 4.57 Å². The summed E-state index contributed by atoms with van der Waals surface area (Å²) in [6.07, 6.45) is 5.98. The number of nitrogens with zero attached hydrogens (tertiary/aromatic N) is 3. The molecule has 0 atom stereocenters. The number of fused-ring (bicyclic) bond motifs is 1. The summed E-state index contributed by atoms with van der Waals surface area (Å²) in [4.78, 5) is 8.60. The molecule has 0 unspecified atom stereocenters. The van der Waals surface area contributed by atoms with Gasteiger partial charge in [0.1, 0.15) is 11.4 Å². The van der Waals surface area contributed by atoms with Crippen LogP contribution in [0.1, 0.15) is 43.4 Å². The van der Waals surface area contributed by atoms with Crippen LogP contribution in [0.4, 0.5) is 5.69 Å². The Balaban J connectivity index is 1.67. The Bertz CT molecular complexity index is 1120. The molecule has 5 heteroatoms. The highest BCUT2D eigenvalue weighted by Crippen LogP contribution is 2.45. The summed E-state index contributed by atoms with van der Waals surface area (Å²) in [6, 6.07) is 21.1. The maximum atomic E-state index is 7.69. The van der Waals surface area contributed by atoms with Crippen LogP contribution in [0.3, 0.4) is 0 Å². The van der Waals surface area contributed by atoms with Crippen molar-refractivity contribution in [3.05, 3.63) is 82.9 Å². The van der Waals surface area contributed by atoms with Gasteiger partial charge in [-0.1, -0.05) is 42.1 Å². The van der Waals surface area contributed by atoms with E-state index in [0.29, 0.717) is 0 Å². The van der Waals surface area contributed by atoms with E-state index >= 15 is 0 Å². The third-order valence-electron chi connectivity index (χ3n) is 5.49. The van der Waals surface area contributed by atoms with Crippen molar-refractivity contribution in [3.63, 3.8) is 0 Å². The zero-order chi connectivity index (χ0) is 21.8. The van der Waals surface area contributed by atoms with Crippen molar-refractivity contribution in [2.45, 2.75) is 44.4 Å². The van der Waals surface area contributed by atoms with Gasteiger partial charge in [-0.3, -0.25) is 0 Å². The summed E-state index contributed by atoms with van der Waals surface area (Å²) in [5, 5.41) is 8.88. The van der Waals surface area contributed by atoms with Crippen molar-refractivity contribution in [2.24, 2.45) is 0 Å². The van der Waals surface area contributed by atoms with E-state index < -0.39 is 0 Å². The first-order chi connectivity index (χ1) is 15.0. The fourth-order valence-electron chi connectivity index (χ4n) is 3.93. The maximum absolute atomic E-state index is 7.69. The number of hydrogen-bond donors (Lipinski definition) is 1. The Kier molecular flexibility index (Phi) is 6.52. The number of unbranched alkanes of at least 4 members (excludes halogenated alkanes) is 1. The van der Waals surface area contributed by atoms with E-state index in [0.717, 1.165) is 48.6 Å². The van der Waals surface area contributed by atoms with E-state index in [2.05, 4.69) is 84.1 Å². The number of nitrogens with one attached hydrogen (secondary N) is 1. The Morgan fingerprint density at radius 3 is 2.58 bits per heavy atom. The van der Waals surface area contributed by atoms with E-state index in [9.17, 15) is 0 Å². The molecule has 2 aromatic carbocycles. The molecule has 4 nitrogen and oxygen atoms in total. The van der Waals surface area contributed by atoms with Gasteiger partial charge in [0.2, 0.25) is 0 Å². The first kappa shape index (κ1) is 21.3. The topological polar surface area (TPSA) is 43.9 Å². The minimum Gasteiger partial charge on any atom is -0.338 e. The van der Waals surface area contributed by atoms with Crippen molar-refractivity contribution in [1.82, 2.24) is 4.98 Å². The van der Waals surface area contributed by atoms with Crippen LogP contribution in [0.2, 0.25) is 0 Å². The molecule has 0 saturated heterocycles. The van der Waals surface area contributed by atoms with Gasteiger partial charge >= 0.3 is 5.82 Å². The van der Waals surface area contributed by atoms with Crippen LogP contribution in [0.25, 0.3) is 11.8 Å². The Labute approximate surface area is 189 Å². The van der Waals surface area contributed by atoms with Gasteiger partial charge in [-0.2, -0.15) is 4.57 Å². The lowest BCUT2D eigenvalue weighted by Crippen LogP contribution is -2.40. The molecular formula is C26H29N4S+. The fourth-order valence-corrected chi connectivity index (χ4v) is 5.03. The summed E-state index contributed by atoms with van der Waals surface area (Å²) < 4.78 is 2.26. The SMILES string of the molecule is CC(=N)CCCCc1nc(C=C2Sc3ccccc3N2C)cc(C)[n+]1-c1ccccc1. The van der Waals surface area contributed by atoms with Crippen LogP contribution in [-0.4, -0.2) is 17.7 Å². The highest BCUT2D eigenvalue weighted by molar-refractivity contribution is 8.03. The molecule has 0 saturated carbocycles. The molecule has 0 radical (unpaired) electrons. The Morgan fingerprint density at radius 1 is 1.10 bits per heavy atom. The van der Waals surface area contributed by atoms with Crippen LogP contribution >= 0.6 is 11.8 Å². The summed E-state index contributed by atoms with van der Waals surface area (Å²) in [6.45, 7) is 4.04. The number of thioether (sulfide) groups is 1. The minimum absolute atomic E-state index is 0.749. The van der Waals surface area contributed by atoms with Crippen LogP contribution in [-0.2, 0) is 6.42 Å². The van der Waals surface area contributed by atoms with Gasteiger partial charge < -0.3 is 10.3 Å². The van der Waals surface area contributed by atoms with Crippen molar-refractivity contribution in [3.8, 4) is 5.69 Å². The van der Waals surface area contributed by atoms with E-state index in [4.69, 9.17) is 10.4 Å². The molecular weight excluding hydrogens is 400 g/mol. The molecule has 2 heterocycles. The third kappa shape index (κ3) is 4.88. The number of hydrogen-bond acceptors (Lipinski definition) is 4. The number of aryl methyl sites for hydroxylation is 2. The molecule has 3 aromatic rings. The Hall–Kier alpha value is -2.92. The number of para-hydroxylation sites is 2. The van der Waals surface area contributed by atoms with Crippen molar-refractivity contribution >= 4 is 29.2 Å². The van der Waals surface area contributed by atoms with Crippen LogP contribution in [0.5, 0.6) is 0 Å². The summed E-state index contributed by atoms with van der Waals surface area (Å²) in [5.41, 5.74) is 5.30. The van der Waals surface area contributed by atoms with Gasteiger partial charge in [0, 0.05) is 29.8 Å². The molecule has 1 aliphatic heterocycles. The second-order valence-corrected chi connectivity index (χ2v) is 9.07. The maximum Gasteiger partial charge on any atom is 0.304 e. The normalized spacial score (nSPS) is 14.2. The van der Waals surface area contributed by atoms with Gasteiger partial charge in [0.15, 0.2) is 5.69 Å². The van der Waals surface area contributed by atoms with Gasteiger partial charge in [-0.05, 0) is 62.4 Å². The predicted molar refractivity (Wildman–Crippen MR) is 130 cm³/mol. The summed E-state index contributed by atoms with van der Waals surface area (Å²) in [5.74, 6) is 1.07. The van der Waals surface area contributed by atoms with Gasteiger partial charge in [-0.25, -0.2) is 0 Å². The third-order valence-corrected chi connectivity index (χ3v) is 6.65.